The Labute approximate surface area is 75.8 Å². The van der Waals surface area contributed by atoms with E-state index in [1.165, 1.54) is 18.3 Å². The molecule has 0 spiro atoms. The number of nitrogens with zero attached hydrogens (tertiary/aromatic N) is 1. The van der Waals surface area contributed by atoms with E-state index in [1.807, 2.05) is 0 Å². The third kappa shape index (κ3) is 2.59. The summed E-state index contributed by atoms with van der Waals surface area (Å²) in [7, 11) is 0. The zero-order chi connectivity index (χ0) is 9.68. The van der Waals surface area contributed by atoms with E-state index in [4.69, 9.17) is 5.73 Å². The number of allylic oxidation sites excluding steroid dienone is 1. The van der Waals surface area contributed by atoms with Crippen molar-refractivity contribution in [1.82, 2.24) is 0 Å². The van der Waals surface area contributed by atoms with Crippen LogP contribution in [0, 0.1) is 10.1 Å². The summed E-state index contributed by atoms with van der Waals surface area (Å²) in [6, 6.07) is 6.41. The fourth-order valence-corrected chi connectivity index (χ4v) is 0.958. The van der Waals surface area contributed by atoms with Crippen molar-refractivity contribution >= 4 is 5.69 Å². The van der Waals surface area contributed by atoms with Gasteiger partial charge in [-0.25, -0.2) is 0 Å². The molecule has 0 atom stereocenters. The number of rotatable bonds is 3. The lowest BCUT2D eigenvalue weighted by atomic mass is 10.1. The first-order valence-electron chi connectivity index (χ1n) is 3.84. The second-order valence-corrected chi connectivity index (χ2v) is 2.56. The van der Waals surface area contributed by atoms with Gasteiger partial charge in [-0.05, 0) is 18.2 Å². The maximum absolute atomic E-state index is 10.3. The van der Waals surface area contributed by atoms with E-state index >= 15 is 0 Å². The highest BCUT2D eigenvalue weighted by Gasteiger charge is 2.02. The van der Waals surface area contributed by atoms with Crippen LogP contribution in [0.4, 0.5) is 5.69 Å². The highest BCUT2D eigenvalue weighted by molar-refractivity contribution is 5.33. The van der Waals surface area contributed by atoms with Crippen LogP contribution in [0.3, 0.4) is 0 Å². The number of non-ortho nitro benzene ring substituents is 1. The first-order valence-corrected chi connectivity index (χ1v) is 3.84. The summed E-state index contributed by atoms with van der Waals surface area (Å²) in [5.74, 6) is 0. The lowest BCUT2D eigenvalue weighted by Gasteiger charge is -1.95. The van der Waals surface area contributed by atoms with Crippen molar-refractivity contribution < 1.29 is 4.92 Å². The van der Waals surface area contributed by atoms with Crippen LogP contribution in [0.15, 0.2) is 36.5 Å². The van der Waals surface area contributed by atoms with Crippen LogP contribution in [-0.4, -0.2) is 4.92 Å². The average Bonchev–Trinajstić information content (AvgIpc) is 2.15. The van der Waals surface area contributed by atoms with E-state index in [1.54, 1.807) is 18.2 Å². The molecule has 0 unspecified atom stereocenters. The minimum Gasteiger partial charge on any atom is -0.405 e. The zero-order valence-electron chi connectivity index (χ0n) is 7.01. The molecule has 1 aromatic carbocycles. The van der Waals surface area contributed by atoms with E-state index in [9.17, 15) is 10.1 Å². The second kappa shape index (κ2) is 4.25. The van der Waals surface area contributed by atoms with Crippen LogP contribution in [-0.2, 0) is 6.42 Å². The summed E-state index contributed by atoms with van der Waals surface area (Å²) in [4.78, 5) is 9.88. The summed E-state index contributed by atoms with van der Waals surface area (Å²) >= 11 is 0. The van der Waals surface area contributed by atoms with Gasteiger partial charge in [0.25, 0.3) is 5.69 Å². The SMILES string of the molecule is NC=CCc1ccc([N+](=O)[O-])cc1. The summed E-state index contributed by atoms with van der Waals surface area (Å²) in [6.45, 7) is 0. The van der Waals surface area contributed by atoms with Crippen molar-refractivity contribution in [1.29, 1.82) is 0 Å². The monoisotopic (exact) mass is 178 g/mol. The summed E-state index contributed by atoms with van der Waals surface area (Å²) in [5, 5.41) is 10.3. The van der Waals surface area contributed by atoms with Crippen LogP contribution in [0.25, 0.3) is 0 Å². The van der Waals surface area contributed by atoms with Crippen molar-refractivity contribution in [3.05, 3.63) is 52.2 Å². The van der Waals surface area contributed by atoms with Gasteiger partial charge in [0.05, 0.1) is 4.92 Å². The highest BCUT2D eigenvalue weighted by atomic mass is 16.6. The number of benzene rings is 1. The van der Waals surface area contributed by atoms with Crippen molar-refractivity contribution in [3.63, 3.8) is 0 Å². The van der Waals surface area contributed by atoms with Gasteiger partial charge in [-0.1, -0.05) is 18.2 Å². The number of nitro benzene ring substituents is 1. The molecule has 0 fully saturated rings. The molecule has 1 rings (SSSR count). The first kappa shape index (κ1) is 9.25. The second-order valence-electron chi connectivity index (χ2n) is 2.56. The van der Waals surface area contributed by atoms with Gasteiger partial charge in [-0.2, -0.15) is 0 Å². The number of hydrogen-bond donors (Lipinski definition) is 1. The minimum absolute atomic E-state index is 0.112. The predicted octanol–water partition coefficient (Wildman–Crippen LogP) is 1.61. The molecule has 0 aliphatic rings. The molecule has 0 saturated heterocycles. The molecule has 0 bridgehead atoms. The van der Waals surface area contributed by atoms with Gasteiger partial charge in [-0.3, -0.25) is 10.1 Å². The maximum Gasteiger partial charge on any atom is 0.269 e. The van der Waals surface area contributed by atoms with Crippen LogP contribution >= 0.6 is 0 Å². The Morgan fingerprint density at radius 2 is 2.00 bits per heavy atom. The molecular weight excluding hydrogens is 168 g/mol. The van der Waals surface area contributed by atoms with Gasteiger partial charge in [0, 0.05) is 12.1 Å². The molecule has 0 aliphatic heterocycles. The summed E-state index contributed by atoms with van der Waals surface area (Å²) in [5.41, 5.74) is 6.28. The van der Waals surface area contributed by atoms with Crippen molar-refractivity contribution in [2.24, 2.45) is 5.73 Å². The number of nitro groups is 1. The Kier molecular flexibility index (Phi) is 3.03. The molecule has 1 aromatic rings. The molecule has 0 amide bonds. The quantitative estimate of drug-likeness (QED) is 0.564. The van der Waals surface area contributed by atoms with Crippen LogP contribution in [0.5, 0.6) is 0 Å². The van der Waals surface area contributed by atoms with E-state index in [0.717, 1.165) is 5.56 Å². The van der Waals surface area contributed by atoms with Crippen molar-refractivity contribution in [3.8, 4) is 0 Å². The Morgan fingerprint density at radius 1 is 1.38 bits per heavy atom. The van der Waals surface area contributed by atoms with E-state index in [0.29, 0.717) is 6.42 Å². The van der Waals surface area contributed by atoms with Gasteiger partial charge >= 0.3 is 0 Å². The lowest BCUT2D eigenvalue weighted by molar-refractivity contribution is -0.384. The smallest absolute Gasteiger partial charge is 0.269 e. The topological polar surface area (TPSA) is 69.2 Å². The molecule has 13 heavy (non-hydrogen) atoms. The minimum atomic E-state index is -0.414. The number of hydrogen-bond acceptors (Lipinski definition) is 3. The van der Waals surface area contributed by atoms with Crippen LogP contribution in [0.2, 0.25) is 0 Å². The van der Waals surface area contributed by atoms with Gasteiger partial charge in [0.15, 0.2) is 0 Å². The lowest BCUT2D eigenvalue weighted by Crippen LogP contribution is -1.88. The van der Waals surface area contributed by atoms with Crippen LogP contribution in [0.1, 0.15) is 5.56 Å². The maximum atomic E-state index is 10.3. The van der Waals surface area contributed by atoms with Crippen molar-refractivity contribution in [2.75, 3.05) is 0 Å². The standard InChI is InChI=1S/C9H10N2O2/c10-7-1-2-8-3-5-9(6-4-8)11(12)13/h1,3-7H,2,10H2. The molecule has 4 nitrogen and oxygen atoms in total. The molecule has 4 heteroatoms. The van der Waals surface area contributed by atoms with Crippen molar-refractivity contribution in [2.45, 2.75) is 6.42 Å². The highest BCUT2D eigenvalue weighted by Crippen LogP contribution is 2.12. The normalized spacial score (nSPS) is 10.5. The number of nitrogens with two attached hydrogens (primary N) is 1. The zero-order valence-corrected chi connectivity index (χ0v) is 7.01. The van der Waals surface area contributed by atoms with Gasteiger partial charge < -0.3 is 5.73 Å². The first-order chi connectivity index (χ1) is 6.24. The fourth-order valence-electron chi connectivity index (χ4n) is 0.958. The van der Waals surface area contributed by atoms with Gasteiger partial charge in [-0.15, -0.1) is 0 Å². The van der Waals surface area contributed by atoms with E-state index in [2.05, 4.69) is 0 Å². The Balaban J connectivity index is 2.75. The molecule has 0 saturated carbocycles. The fraction of sp³-hybridized carbons (Fsp3) is 0.111. The average molecular weight is 178 g/mol. The Morgan fingerprint density at radius 3 is 2.46 bits per heavy atom. The van der Waals surface area contributed by atoms with Gasteiger partial charge in [0.1, 0.15) is 0 Å². The molecule has 68 valence electrons. The van der Waals surface area contributed by atoms with E-state index < -0.39 is 4.92 Å². The summed E-state index contributed by atoms with van der Waals surface area (Å²) in [6.07, 6.45) is 3.96. The molecule has 0 aliphatic carbocycles. The Bertz CT molecular complexity index is 317. The predicted molar refractivity (Wildman–Crippen MR) is 50.1 cm³/mol. The largest absolute Gasteiger partial charge is 0.405 e. The molecular formula is C9H10N2O2. The summed E-state index contributed by atoms with van der Waals surface area (Å²) < 4.78 is 0. The Hall–Kier alpha value is -1.84. The third-order valence-electron chi connectivity index (χ3n) is 1.64. The molecule has 2 N–H and O–H groups in total. The third-order valence-corrected chi connectivity index (χ3v) is 1.64. The molecule has 0 heterocycles. The molecule has 0 radical (unpaired) electrons. The van der Waals surface area contributed by atoms with Gasteiger partial charge in [0.2, 0.25) is 0 Å². The molecule has 0 aromatic heterocycles. The van der Waals surface area contributed by atoms with E-state index in [-0.39, 0.29) is 5.69 Å². The van der Waals surface area contributed by atoms with Crippen LogP contribution < -0.4 is 5.73 Å².